The summed E-state index contributed by atoms with van der Waals surface area (Å²) < 4.78 is 21.4. The van der Waals surface area contributed by atoms with Gasteiger partial charge in [-0.05, 0) is 74.2 Å². The Morgan fingerprint density at radius 2 is 1.69 bits per heavy atom. The van der Waals surface area contributed by atoms with Gasteiger partial charge in [0.2, 0.25) is 11.9 Å². The summed E-state index contributed by atoms with van der Waals surface area (Å²) in [6, 6.07) is 23.7. The second-order valence-corrected chi connectivity index (χ2v) is 13.2. The fraction of sp³-hybridized carbons (Fsp3) is 0.273. The predicted molar refractivity (Wildman–Crippen MR) is 175 cm³/mol. The number of aromatic nitrogens is 2. The highest BCUT2D eigenvalue weighted by Gasteiger charge is 2.51. The summed E-state index contributed by atoms with van der Waals surface area (Å²) in [5.41, 5.74) is 3.42. The van der Waals surface area contributed by atoms with Crippen molar-refractivity contribution in [1.29, 1.82) is 0 Å². The molecule has 1 heterocycles. The van der Waals surface area contributed by atoms with Crippen LogP contribution in [0.3, 0.4) is 0 Å². The Balaban J connectivity index is 1.33. The monoisotopic (exact) mass is 628 g/mol. The zero-order valence-electron chi connectivity index (χ0n) is 25.3. The molecule has 2 atom stereocenters. The van der Waals surface area contributed by atoms with Crippen molar-refractivity contribution in [2.75, 3.05) is 35.4 Å². The molecule has 11 nitrogen and oxygen atoms in total. The van der Waals surface area contributed by atoms with Crippen LogP contribution in [0.25, 0.3) is 11.1 Å². The number of benzene rings is 3. The minimum Gasteiger partial charge on any atom is -0.448 e. The first-order valence-electron chi connectivity index (χ1n) is 14.6. The minimum absolute atomic E-state index is 0.0120. The van der Waals surface area contributed by atoms with Crippen LogP contribution < -0.4 is 16.0 Å². The molecule has 2 amide bonds. The van der Waals surface area contributed by atoms with Crippen molar-refractivity contribution in [3.63, 3.8) is 0 Å². The van der Waals surface area contributed by atoms with Gasteiger partial charge < -0.3 is 25.8 Å². The van der Waals surface area contributed by atoms with Gasteiger partial charge in [-0.25, -0.2) is 14.0 Å². The summed E-state index contributed by atoms with van der Waals surface area (Å²) in [6.07, 6.45) is 3.83. The molecule has 0 aliphatic heterocycles. The number of carbonyl (C=O) groups excluding carboxylic acids is 2. The van der Waals surface area contributed by atoms with Gasteiger partial charge in [-0.2, -0.15) is 4.98 Å². The van der Waals surface area contributed by atoms with Gasteiger partial charge in [-0.15, -0.1) is 4.36 Å². The Kier molecular flexibility index (Phi) is 9.45. The molecule has 0 radical (unpaired) electrons. The van der Waals surface area contributed by atoms with E-state index in [1.165, 1.54) is 6.26 Å². The van der Waals surface area contributed by atoms with E-state index < -0.39 is 21.2 Å². The third-order valence-electron chi connectivity index (χ3n) is 7.47. The maximum absolute atomic E-state index is 13.2. The number of amides is 2. The summed E-state index contributed by atoms with van der Waals surface area (Å²) in [4.78, 5) is 34.4. The minimum atomic E-state index is -2.97. The molecular weight excluding hydrogens is 592 g/mol. The van der Waals surface area contributed by atoms with Crippen molar-refractivity contribution in [2.45, 2.75) is 43.0 Å². The number of ether oxygens (including phenoxy) is 1. The second-order valence-electron chi connectivity index (χ2n) is 10.9. The molecule has 1 aromatic heterocycles. The van der Waals surface area contributed by atoms with E-state index in [1.54, 1.807) is 37.4 Å². The van der Waals surface area contributed by atoms with Crippen LogP contribution in [0, 0.1) is 0 Å². The zero-order chi connectivity index (χ0) is 32.0. The maximum atomic E-state index is 13.2. The van der Waals surface area contributed by atoms with Crippen molar-refractivity contribution in [3.05, 3.63) is 90.6 Å². The Bertz CT molecular complexity index is 1790. The second kappa shape index (κ2) is 13.4. The molecule has 1 aliphatic carbocycles. The highest BCUT2D eigenvalue weighted by Crippen LogP contribution is 2.49. The first-order valence-corrected chi connectivity index (χ1v) is 16.5. The van der Waals surface area contributed by atoms with Gasteiger partial charge >= 0.3 is 6.09 Å². The molecule has 4 N–H and O–H groups in total. The number of hydrogen-bond donors (Lipinski definition) is 4. The molecule has 4 aromatic rings. The van der Waals surface area contributed by atoms with Crippen LogP contribution >= 0.6 is 0 Å². The lowest BCUT2D eigenvalue weighted by molar-refractivity contribution is -0.118. The third-order valence-corrected chi connectivity index (χ3v) is 9.12. The number of nitrogens with zero attached hydrogens (tertiary/aromatic N) is 3. The van der Waals surface area contributed by atoms with E-state index >= 15 is 0 Å². The molecule has 2 unspecified atom stereocenters. The van der Waals surface area contributed by atoms with E-state index in [1.807, 2.05) is 61.5 Å². The van der Waals surface area contributed by atoms with E-state index in [9.17, 15) is 18.9 Å². The number of anilines is 4. The molecule has 0 spiro atoms. The Morgan fingerprint density at radius 1 is 1.02 bits per heavy atom. The lowest BCUT2D eigenvalue weighted by Gasteiger charge is -2.18. The molecular formula is C33H36N6O5S. The van der Waals surface area contributed by atoms with Crippen molar-refractivity contribution in [3.8, 4) is 11.1 Å². The van der Waals surface area contributed by atoms with Gasteiger partial charge in [-0.1, -0.05) is 42.5 Å². The third kappa shape index (κ3) is 7.47. The molecule has 234 valence electrons. The van der Waals surface area contributed by atoms with Crippen molar-refractivity contribution in [1.82, 2.24) is 9.97 Å². The van der Waals surface area contributed by atoms with Gasteiger partial charge in [0.05, 0.1) is 28.4 Å². The molecule has 3 aromatic carbocycles. The van der Waals surface area contributed by atoms with Gasteiger partial charge in [0.25, 0.3) is 0 Å². The highest BCUT2D eigenvalue weighted by molar-refractivity contribution is 7.93. The standard InChI is InChI=1S/C33H36N6O5S/c1-4-44-32(42)39-45(3,43)27-16-14-26(15-17-27)37-31-34-20-28(29(38-31)35-22(2)21-40)23-10-12-25(13-11-23)36-30(41)33(18-19-33)24-8-6-5-7-9-24/h5-17,20,22,40H,4,18-19,21H2,1-3H3,(H,36,41)(H2,34,35,37,38). The van der Waals surface area contributed by atoms with Crippen molar-refractivity contribution >= 4 is 44.9 Å². The quantitative estimate of drug-likeness (QED) is 0.157. The lowest BCUT2D eigenvalue weighted by atomic mass is 9.95. The molecule has 1 saturated carbocycles. The SMILES string of the molecule is CCOC(=O)N=S(C)(=O)c1ccc(Nc2ncc(-c3ccc(NC(=O)C4(c5ccccc5)CC4)cc3)c(NC(C)CO)n2)cc1. The summed E-state index contributed by atoms with van der Waals surface area (Å²) in [5.74, 6) is 0.794. The molecule has 1 aliphatic rings. The largest absolute Gasteiger partial charge is 0.448 e. The molecule has 0 saturated heterocycles. The van der Waals surface area contributed by atoms with Gasteiger partial charge in [0, 0.05) is 40.3 Å². The molecule has 12 heteroatoms. The Hall–Kier alpha value is -4.81. The van der Waals surface area contributed by atoms with Crippen LogP contribution in [0.5, 0.6) is 0 Å². The smallest absolute Gasteiger partial charge is 0.442 e. The first-order chi connectivity index (χ1) is 21.6. The predicted octanol–water partition coefficient (Wildman–Crippen LogP) is 5.96. The zero-order valence-corrected chi connectivity index (χ0v) is 26.1. The van der Waals surface area contributed by atoms with Crippen LogP contribution in [-0.4, -0.2) is 56.8 Å². The molecule has 45 heavy (non-hydrogen) atoms. The molecule has 5 rings (SSSR count). The van der Waals surface area contributed by atoms with Crippen LogP contribution in [0.1, 0.15) is 32.3 Å². The highest BCUT2D eigenvalue weighted by atomic mass is 32.2. The lowest BCUT2D eigenvalue weighted by Crippen LogP contribution is -2.27. The van der Waals surface area contributed by atoms with Crippen molar-refractivity contribution in [2.24, 2.45) is 4.36 Å². The summed E-state index contributed by atoms with van der Waals surface area (Å²) in [5, 5.41) is 19.1. The fourth-order valence-corrected chi connectivity index (χ4v) is 5.90. The van der Waals surface area contributed by atoms with E-state index in [2.05, 4.69) is 30.3 Å². The van der Waals surface area contributed by atoms with E-state index in [4.69, 9.17) is 4.74 Å². The fourth-order valence-electron chi connectivity index (χ4n) is 4.82. The Labute approximate surface area is 262 Å². The van der Waals surface area contributed by atoms with E-state index in [0.29, 0.717) is 33.6 Å². The number of aliphatic hydroxyl groups excluding tert-OH is 1. The first kappa shape index (κ1) is 31.6. The maximum Gasteiger partial charge on any atom is 0.442 e. The molecule has 0 bridgehead atoms. The summed E-state index contributed by atoms with van der Waals surface area (Å²) in [6.45, 7) is 3.53. The summed E-state index contributed by atoms with van der Waals surface area (Å²) >= 11 is 0. The number of nitrogens with one attached hydrogen (secondary N) is 3. The average molecular weight is 629 g/mol. The topological polar surface area (TPSA) is 155 Å². The van der Waals surface area contributed by atoms with Gasteiger partial charge in [-0.3, -0.25) is 4.79 Å². The van der Waals surface area contributed by atoms with E-state index in [-0.39, 0.29) is 25.2 Å². The van der Waals surface area contributed by atoms with Crippen LogP contribution in [0.2, 0.25) is 0 Å². The normalized spacial score (nSPS) is 15.2. The number of rotatable bonds is 11. The van der Waals surface area contributed by atoms with E-state index in [0.717, 1.165) is 24.0 Å². The average Bonchev–Trinajstić information content (AvgIpc) is 3.85. The van der Waals surface area contributed by atoms with Crippen LogP contribution in [0.4, 0.5) is 27.9 Å². The van der Waals surface area contributed by atoms with Gasteiger partial charge in [0.15, 0.2) is 0 Å². The van der Waals surface area contributed by atoms with Crippen molar-refractivity contribution < 1.29 is 23.6 Å². The van der Waals surface area contributed by atoms with Crippen LogP contribution in [-0.2, 0) is 24.7 Å². The van der Waals surface area contributed by atoms with Gasteiger partial charge in [0.1, 0.15) is 5.82 Å². The Morgan fingerprint density at radius 3 is 2.31 bits per heavy atom. The number of carbonyl (C=O) groups is 2. The molecule has 1 fully saturated rings. The summed E-state index contributed by atoms with van der Waals surface area (Å²) in [7, 11) is -2.97. The number of aliphatic hydroxyl groups is 1. The number of hydrogen-bond acceptors (Lipinski definition) is 9. The van der Waals surface area contributed by atoms with Crippen LogP contribution in [0.15, 0.2) is 94.3 Å².